The lowest BCUT2D eigenvalue weighted by atomic mass is 9.98. The van der Waals surface area contributed by atoms with Crippen LogP contribution in [0.15, 0.2) is 0 Å². The monoisotopic (exact) mass is 608 g/mol. The van der Waals surface area contributed by atoms with Crippen molar-refractivity contribution < 1.29 is 71.4 Å². The SMILES string of the molecule is CCS[C@@H]1O[C@H](COC(C)=O)[C@@H](OC(C)=O)[C@H](OC(C)=O)[C@H]1O[C@@H]1OC[C@@H](OC(C)=O)[C@H](OC(C)=O)[C@H]1OC(C)=O. The van der Waals surface area contributed by atoms with E-state index < -0.39 is 90.3 Å². The quantitative estimate of drug-likeness (QED) is 0.232. The van der Waals surface area contributed by atoms with E-state index in [0.717, 1.165) is 34.6 Å². The minimum absolute atomic E-state index is 0.320. The zero-order valence-corrected chi connectivity index (χ0v) is 24.7. The highest BCUT2D eigenvalue weighted by molar-refractivity contribution is 7.99. The maximum Gasteiger partial charge on any atom is 0.303 e. The zero-order valence-electron chi connectivity index (χ0n) is 23.8. The van der Waals surface area contributed by atoms with Gasteiger partial charge < -0.3 is 42.6 Å². The number of thioether (sulfide) groups is 1. The molecule has 2 rings (SSSR count). The molecule has 0 bridgehead atoms. The van der Waals surface area contributed by atoms with Crippen molar-refractivity contribution in [2.45, 2.75) is 103 Å². The van der Waals surface area contributed by atoms with Gasteiger partial charge in [0.2, 0.25) is 0 Å². The van der Waals surface area contributed by atoms with Crippen molar-refractivity contribution in [3.63, 3.8) is 0 Å². The summed E-state index contributed by atoms with van der Waals surface area (Å²) in [5.41, 5.74) is -0.906. The Hall–Kier alpha value is -2.95. The highest BCUT2D eigenvalue weighted by Gasteiger charge is 2.55. The minimum Gasteiger partial charge on any atom is -0.463 e. The molecule has 0 aliphatic carbocycles. The van der Waals surface area contributed by atoms with Gasteiger partial charge in [-0.25, -0.2) is 0 Å². The lowest BCUT2D eigenvalue weighted by Gasteiger charge is -2.47. The van der Waals surface area contributed by atoms with Gasteiger partial charge in [-0.05, 0) is 5.75 Å². The lowest BCUT2D eigenvalue weighted by Crippen LogP contribution is -2.64. The predicted octanol–water partition coefficient (Wildman–Crippen LogP) is 0.428. The average Bonchev–Trinajstić information content (AvgIpc) is 2.83. The van der Waals surface area contributed by atoms with Crippen LogP contribution >= 0.6 is 11.8 Å². The molecule has 15 nitrogen and oxygen atoms in total. The van der Waals surface area contributed by atoms with E-state index in [1.165, 1.54) is 18.7 Å². The molecule has 9 atom stereocenters. The summed E-state index contributed by atoms with van der Waals surface area (Å²) in [5, 5.41) is 0. The fraction of sp³-hybridized carbons (Fsp3) is 0.760. The molecule has 0 aromatic heterocycles. The molecule has 41 heavy (non-hydrogen) atoms. The first-order valence-electron chi connectivity index (χ1n) is 12.8. The molecule has 0 unspecified atom stereocenters. The van der Waals surface area contributed by atoms with E-state index in [4.69, 9.17) is 42.6 Å². The summed E-state index contributed by atoms with van der Waals surface area (Å²) in [7, 11) is 0. The number of carbonyl (C=O) groups excluding carboxylic acids is 6. The van der Waals surface area contributed by atoms with Crippen molar-refractivity contribution in [2.24, 2.45) is 0 Å². The molecule has 0 N–H and O–H groups in total. The molecule has 0 amide bonds. The van der Waals surface area contributed by atoms with Crippen LogP contribution in [0.5, 0.6) is 0 Å². The maximum absolute atomic E-state index is 12.2. The second kappa shape index (κ2) is 15.9. The third kappa shape index (κ3) is 10.4. The third-order valence-electron chi connectivity index (χ3n) is 5.57. The minimum atomic E-state index is -1.45. The van der Waals surface area contributed by atoms with Crippen LogP contribution in [0.1, 0.15) is 48.5 Å². The summed E-state index contributed by atoms with van der Waals surface area (Å²) >= 11 is 1.24. The smallest absolute Gasteiger partial charge is 0.303 e. The largest absolute Gasteiger partial charge is 0.463 e. The number of ether oxygens (including phenoxy) is 9. The van der Waals surface area contributed by atoms with E-state index >= 15 is 0 Å². The van der Waals surface area contributed by atoms with Crippen LogP contribution in [0.3, 0.4) is 0 Å². The third-order valence-corrected chi connectivity index (χ3v) is 6.61. The molecule has 2 fully saturated rings. The maximum atomic E-state index is 12.2. The molecule has 0 spiro atoms. The van der Waals surface area contributed by atoms with Crippen molar-refractivity contribution in [1.29, 1.82) is 0 Å². The Morgan fingerprint density at radius 1 is 0.659 bits per heavy atom. The Bertz CT molecular complexity index is 971. The van der Waals surface area contributed by atoms with E-state index in [-0.39, 0.29) is 13.2 Å². The summed E-state index contributed by atoms with van der Waals surface area (Å²) in [4.78, 5) is 71.4. The van der Waals surface area contributed by atoms with E-state index in [0.29, 0.717) is 5.75 Å². The van der Waals surface area contributed by atoms with Gasteiger partial charge in [-0.15, -0.1) is 11.8 Å². The van der Waals surface area contributed by atoms with Gasteiger partial charge in [-0.1, -0.05) is 6.92 Å². The van der Waals surface area contributed by atoms with Gasteiger partial charge in [0.05, 0.1) is 6.61 Å². The Morgan fingerprint density at radius 3 is 1.68 bits per heavy atom. The van der Waals surface area contributed by atoms with Crippen LogP contribution in [0.25, 0.3) is 0 Å². The summed E-state index contributed by atoms with van der Waals surface area (Å²) < 4.78 is 50.2. The molecule has 0 aromatic carbocycles. The average molecular weight is 609 g/mol. The van der Waals surface area contributed by atoms with Crippen molar-refractivity contribution >= 4 is 47.6 Å². The molecule has 2 heterocycles. The predicted molar refractivity (Wildman–Crippen MR) is 136 cm³/mol. The zero-order chi connectivity index (χ0) is 30.9. The summed E-state index contributed by atoms with van der Waals surface area (Å²) in [6.07, 6.45) is -10.2. The molecular formula is C25H36O15S. The highest BCUT2D eigenvalue weighted by atomic mass is 32.2. The van der Waals surface area contributed by atoms with E-state index in [1.807, 2.05) is 6.92 Å². The molecular weight excluding hydrogens is 572 g/mol. The number of esters is 6. The second-order valence-corrected chi connectivity index (χ2v) is 10.4. The van der Waals surface area contributed by atoms with Gasteiger partial charge in [0.15, 0.2) is 36.8 Å². The van der Waals surface area contributed by atoms with Gasteiger partial charge in [0.25, 0.3) is 0 Å². The number of hydrogen-bond acceptors (Lipinski definition) is 16. The highest BCUT2D eigenvalue weighted by Crippen LogP contribution is 2.36. The van der Waals surface area contributed by atoms with Crippen LogP contribution < -0.4 is 0 Å². The van der Waals surface area contributed by atoms with Crippen LogP contribution in [-0.4, -0.2) is 109 Å². The molecule has 16 heteroatoms. The first-order chi connectivity index (χ1) is 19.2. The van der Waals surface area contributed by atoms with Gasteiger partial charge in [0, 0.05) is 41.5 Å². The summed E-state index contributed by atoms with van der Waals surface area (Å²) in [5.74, 6) is -3.86. The number of hydrogen-bond donors (Lipinski definition) is 0. The molecule has 0 radical (unpaired) electrons. The summed E-state index contributed by atoms with van der Waals surface area (Å²) in [6.45, 7) is 8.01. The Balaban J connectivity index is 2.52. The standard InChI is InChI=1S/C25H36O15S/c1-8-41-25-23(21(37-15(6)30)19(35-13(4)28)18(39-25)9-32-11(2)26)40-24-22(38-16(7)31)20(36-14(5)29)17(10-33-24)34-12(3)27/h17-25H,8-10H2,1-7H3/t17-,18-,19-,20+,21+,22-,23-,24+,25+/m1/s1. The van der Waals surface area contributed by atoms with Crippen LogP contribution in [0.2, 0.25) is 0 Å². The van der Waals surface area contributed by atoms with Gasteiger partial charge in [-0.3, -0.25) is 28.8 Å². The van der Waals surface area contributed by atoms with E-state index in [1.54, 1.807) is 0 Å². The molecule has 2 saturated heterocycles. The van der Waals surface area contributed by atoms with Gasteiger partial charge in [-0.2, -0.15) is 0 Å². The van der Waals surface area contributed by atoms with Crippen molar-refractivity contribution in [1.82, 2.24) is 0 Å². The normalized spacial score (nSPS) is 31.2. The van der Waals surface area contributed by atoms with Crippen LogP contribution in [-0.2, 0) is 71.4 Å². The fourth-order valence-corrected chi connectivity index (χ4v) is 5.25. The number of rotatable bonds is 11. The van der Waals surface area contributed by atoms with Crippen molar-refractivity contribution in [2.75, 3.05) is 19.0 Å². The van der Waals surface area contributed by atoms with Crippen LogP contribution in [0.4, 0.5) is 0 Å². The van der Waals surface area contributed by atoms with Gasteiger partial charge >= 0.3 is 35.8 Å². The first kappa shape index (κ1) is 34.3. The molecule has 2 aliphatic rings. The Morgan fingerprint density at radius 2 is 1.17 bits per heavy atom. The molecule has 0 aromatic rings. The Labute approximate surface area is 241 Å². The van der Waals surface area contributed by atoms with E-state index in [2.05, 4.69) is 0 Å². The van der Waals surface area contributed by atoms with Crippen LogP contribution in [0, 0.1) is 0 Å². The molecule has 232 valence electrons. The molecule has 2 aliphatic heterocycles. The molecule has 0 saturated carbocycles. The lowest BCUT2D eigenvalue weighted by molar-refractivity contribution is -0.319. The van der Waals surface area contributed by atoms with Crippen molar-refractivity contribution in [3.05, 3.63) is 0 Å². The second-order valence-electron chi connectivity index (χ2n) is 9.05. The number of carbonyl (C=O) groups is 6. The summed E-state index contributed by atoms with van der Waals surface area (Å²) in [6, 6.07) is 0. The topological polar surface area (TPSA) is 185 Å². The first-order valence-corrected chi connectivity index (χ1v) is 13.8. The van der Waals surface area contributed by atoms with Gasteiger partial charge in [0.1, 0.15) is 24.3 Å². The van der Waals surface area contributed by atoms with E-state index in [9.17, 15) is 28.8 Å². The Kier molecular flexibility index (Phi) is 13.3. The van der Waals surface area contributed by atoms with Crippen molar-refractivity contribution in [3.8, 4) is 0 Å². The fourth-order valence-electron chi connectivity index (χ4n) is 4.29.